The van der Waals surface area contributed by atoms with Crippen molar-refractivity contribution < 1.29 is 18.3 Å². The van der Waals surface area contributed by atoms with E-state index < -0.39 is 17.5 Å². The third-order valence-corrected chi connectivity index (χ3v) is 4.40. The van der Waals surface area contributed by atoms with Crippen LogP contribution in [0.15, 0.2) is 54.6 Å². The summed E-state index contributed by atoms with van der Waals surface area (Å²) in [5.74, 6) is -1.46. The van der Waals surface area contributed by atoms with Gasteiger partial charge in [-0.25, -0.2) is 8.78 Å². The van der Waals surface area contributed by atoms with Crippen LogP contribution in [0.25, 0.3) is 0 Å². The largest absolute Gasteiger partial charge is 0.472 e. The predicted molar refractivity (Wildman–Crippen MR) is 94.1 cm³/mol. The van der Waals surface area contributed by atoms with E-state index in [1.165, 1.54) is 0 Å². The van der Waals surface area contributed by atoms with Crippen LogP contribution in [0.5, 0.6) is 5.88 Å². The first-order chi connectivity index (χ1) is 13.1. The van der Waals surface area contributed by atoms with Crippen molar-refractivity contribution in [2.45, 2.75) is 19.7 Å². The maximum absolute atomic E-state index is 13.4. The summed E-state index contributed by atoms with van der Waals surface area (Å²) in [5, 5.41) is 4.40. The molecule has 0 spiro atoms. The second-order valence-corrected chi connectivity index (χ2v) is 6.36. The van der Waals surface area contributed by atoms with Gasteiger partial charge in [0, 0.05) is 24.2 Å². The van der Waals surface area contributed by atoms with Crippen molar-refractivity contribution in [2.24, 2.45) is 0 Å². The van der Waals surface area contributed by atoms with Crippen LogP contribution in [0.1, 0.15) is 21.6 Å². The number of hydrogen-bond acceptors (Lipinski definition) is 3. The maximum Gasteiger partial charge on any atom is 0.254 e. The highest BCUT2D eigenvalue weighted by Gasteiger charge is 2.24. The Kier molecular flexibility index (Phi) is 4.58. The second-order valence-electron chi connectivity index (χ2n) is 6.36. The van der Waals surface area contributed by atoms with Gasteiger partial charge in [-0.05, 0) is 17.7 Å². The monoisotopic (exact) mass is 369 g/mol. The number of fused-ring (bicyclic) bond motifs is 1. The Morgan fingerprint density at radius 2 is 1.78 bits per heavy atom. The van der Waals surface area contributed by atoms with Crippen molar-refractivity contribution in [1.29, 1.82) is 0 Å². The SMILES string of the molecule is O=C(c1cc(F)cc(F)c1)N1CCn2nc(OCc3ccccc3)cc2C1. The third kappa shape index (κ3) is 3.81. The molecule has 0 aliphatic carbocycles. The molecule has 2 heterocycles. The van der Waals surface area contributed by atoms with Gasteiger partial charge < -0.3 is 9.64 Å². The van der Waals surface area contributed by atoms with E-state index in [9.17, 15) is 13.6 Å². The topological polar surface area (TPSA) is 47.4 Å². The Labute approximate surface area is 154 Å². The molecule has 2 aromatic carbocycles. The van der Waals surface area contributed by atoms with Gasteiger partial charge in [-0.3, -0.25) is 9.48 Å². The normalized spacial score (nSPS) is 13.3. The summed E-state index contributed by atoms with van der Waals surface area (Å²) in [5.41, 5.74) is 1.85. The maximum atomic E-state index is 13.4. The molecule has 0 saturated carbocycles. The van der Waals surface area contributed by atoms with E-state index >= 15 is 0 Å². The van der Waals surface area contributed by atoms with Crippen molar-refractivity contribution in [3.05, 3.63) is 83.1 Å². The number of halogens is 2. The number of hydrogen-bond donors (Lipinski definition) is 0. The van der Waals surface area contributed by atoms with Gasteiger partial charge in [0.2, 0.25) is 5.88 Å². The summed E-state index contributed by atoms with van der Waals surface area (Å²) in [4.78, 5) is 14.1. The number of benzene rings is 2. The minimum atomic E-state index is -0.767. The molecule has 4 rings (SSSR count). The van der Waals surface area contributed by atoms with Gasteiger partial charge >= 0.3 is 0 Å². The van der Waals surface area contributed by atoms with Gasteiger partial charge in [-0.1, -0.05) is 30.3 Å². The standard InChI is InChI=1S/C20H17F2N3O2/c21-16-8-15(9-17(22)10-16)20(26)24-6-7-25-18(12-24)11-19(23-25)27-13-14-4-2-1-3-5-14/h1-5,8-11H,6-7,12-13H2. The summed E-state index contributed by atoms with van der Waals surface area (Å²) in [6, 6.07) is 14.4. The van der Waals surface area contributed by atoms with Crippen LogP contribution < -0.4 is 4.74 Å². The van der Waals surface area contributed by atoms with Gasteiger partial charge in [0.25, 0.3) is 5.91 Å². The molecule has 3 aromatic rings. The predicted octanol–water partition coefficient (Wildman–Crippen LogP) is 3.40. The molecule has 1 aliphatic heterocycles. The lowest BCUT2D eigenvalue weighted by Crippen LogP contribution is -2.38. The van der Waals surface area contributed by atoms with Crippen LogP contribution in [-0.4, -0.2) is 27.1 Å². The molecule has 0 fully saturated rings. The minimum Gasteiger partial charge on any atom is -0.472 e. The van der Waals surface area contributed by atoms with Crippen LogP contribution in [0.3, 0.4) is 0 Å². The van der Waals surface area contributed by atoms with Crippen molar-refractivity contribution in [1.82, 2.24) is 14.7 Å². The Morgan fingerprint density at radius 3 is 2.52 bits per heavy atom. The quantitative estimate of drug-likeness (QED) is 0.708. The minimum absolute atomic E-state index is 0.000941. The van der Waals surface area contributed by atoms with E-state index in [4.69, 9.17) is 4.74 Å². The smallest absolute Gasteiger partial charge is 0.254 e. The van der Waals surface area contributed by atoms with E-state index in [1.807, 2.05) is 30.3 Å². The van der Waals surface area contributed by atoms with Gasteiger partial charge in [0.05, 0.1) is 18.8 Å². The molecule has 0 unspecified atom stereocenters. The molecule has 0 atom stereocenters. The fraction of sp³-hybridized carbons (Fsp3) is 0.200. The average molecular weight is 369 g/mol. The Morgan fingerprint density at radius 1 is 1.04 bits per heavy atom. The summed E-state index contributed by atoms with van der Waals surface area (Å²) in [7, 11) is 0. The van der Waals surface area contributed by atoms with E-state index in [1.54, 1.807) is 15.6 Å². The number of carbonyl (C=O) groups excluding carboxylic acids is 1. The van der Waals surface area contributed by atoms with E-state index in [2.05, 4.69) is 5.10 Å². The Bertz CT molecular complexity index is 952. The second kappa shape index (κ2) is 7.19. The van der Waals surface area contributed by atoms with Crippen LogP contribution in [-0.2, 0) is 19.7 Å². The van der Waals surface area contributed by atoms with Gasteiger partial charge in [-0.2, -0.15) is 0 Å². The molecular weight excluding hydrogens is 352 g/mol. The van der Waals surface area contributed by atoms with Crippen LogP contribution in [0.2, 0.25) is 0 Å². The summed E-state index contributed by atoms with van der Waals surface area (Å²) >= 11 is 0. The number of nitrogens with zero attached hydrogens (tertiary/aromatic N) is 3. The van der Waals surface area contributed by atoms with E-state index in [0.717, 1.165) is 29.5 Å². The average Bonchev–Trinajstić information content (AvgIpc) is 3.08. The first-order valence-corrected chi connectivity index (χ1v) is 8.57. The molecular formula is C20H17F2N3O2. The number of amides is 1. The molecule has 0 radical (unpaired) electrons. The Balaban J connectivity index is 1.45. The van der Waals surface area contributed by atoms with Crippen molar-refractivity contribution in [3.8, 4) is 5.88 Å². The summed E-state index contributed by atoms with van der Waals surface area (Å²) in [6.07, 6.45) is 0. The number of rotatable bonds is 4. The first-order valence-electron chi connectivity index (χ1n) is 8.57. The van der Waals surface area contributed by atoms with Crippen molar-refractivity contribution in [3.63, 3.8) is 0 Å². The molecule has 27 heavy (non-hydrogen) atoms. The molecule has 138 valence electrons. The van der Waals surface area contributed by atoms with Gasteiger partial charge in [-0.15, -0.1) is 5.10 Å². The fourth-order valence-corrected chi connectivity index (χ4v) is 3.08. The number of ether oxygens (including phenoxy) is 1. The van der Waals surface area contributed by atoms with E-state index in [-0.39, 0.29) is 5.56 Å². The molecule has 7 heteroatoms. The zero-order chi connectivity index (χ0) is 18.8. The van der Waals surface area contributed by atoms with Crippen molar-refractivity contribution >= 4 is 5.91 Å². The number of carbonyl (C=O) groups is 1. The summed E-state index contributed by atoms with van der Waals surface area (Å²) in [6.45, 7) is 1.61. The lowest BCUT2D eigenvalue weighted by molar-refractivity contribution is 0.0705. The molecule has 1 aromatic heterocycles. The van der Waals surface area contributed by atoms with E-state index in [0.29, 0.717) is 32.1 Å². The first kappa shape index (κ1) is 17.2. The highest BCUT2D eigenvalue weighted by atomic mass is 19.1. The zero-order valence-electron chi connectivity index (χ0n) is 14.4. The third-order valence-electron chi connectivity index (χ3n) is 4.40. The van der Waals surface area contributed by atoms with Gasteiger partial charge in [0.1, 0.15) is 18.2 Å². The Hall–Kier alpha value is -3.22. The molecule has 1 amide bonds. The highest BCUT2D eigenvalue weighted by molar-refractivity contribution is 5.94. The number of aromatic nitrogens is 2. The lowest BCUT2D eigenvalue weighted by Gasteiger charge is -2.27. The zero-order valence-corrected chi connectivity index (χ0v) is 14.4. The molecule has 0 bridgehead atoms. The molecule has 0 saturated heterocycles. The molecule has 5 nitrogen and oxygen atoms in total. The van der Waals surface area contributed by atoms with Crippen molar-refractivity contribution in [2.75, 3.05) is 6.54 Å². The lowest BCUT2D eigenvalue weighted by atomic mass is 10.1. The van der Waals surface area contributed by atoms with Gasteiger partial charge in [0.15, 0.2) is 0 Å². The fourth-order valence-electron chi connectivity index (χ4n) is 3.08. The molecule has 1 aliphatic rings. The van der Waals surface area contributed by atoms with Crippen LogP contribution >= 0.6 is 0 Å². The molecule has 0 N–H and O–H groups in total. The highest BCUT2D eigenvalue weighted by Crippen LogP contribution is 2.21. The van der Waals surface area contributed by atoms with Crippen LogP contribution in [0, 0.1) is 11.6 Å². The summed E-state index contributed by atoms with van der Waals surface area (Å²) < 4.78 is 34.3. The van der Waals surface area contributed by atoms with Crippen LogP contribution in [0.4, 0.5) is 8.78 Å².